The molecule has 7 heteroatoms. The summed E-state index contributed by atoms with van der Waals surface area (Å²) >= 11 is 0. The van der Waals surface area contributed by atoms with Crippen LogP contribution in [0.5, 0.6) is 0 Å². The molecule has 29 heavy (non-hydrogen) atoms. The largest absolute Gasteiger partial charge is 0.378 e. The molecule has 2 N–H and O–H groups in total. The Kier molecular flexibility index (Phi) is 5.76. The maximum Gasteiger partial charge on any atom is 0.253 e. The molecule has 0 spiro atoms. The van der Waals surface area contributed by atoms with Gasteiger partial charge in [0.2, 0.25) is 5.91 Å². The van der Waals surface area contributed by atoms with Gasteiger partial charge >= 0.3 is 0 Å². The highest BCUT2D eigenvalue weighted by molar-refractivity contribution is 6.02. The van der Waals surface area contributed by atoms with Gasteiger partial charge in [0.1, 0.15) is 5.82 Å². The molecule has 2 fully saturated rings. The number of halogens is 1. The molecule has 1 aliphatic heterocycles. The number of morpholine rings is 1. The van der Waals surface area contributed by atoms with Gasteiger partial charge in [0.25, 0.3) is 5.91 Å². The summed E-state index contributed by atoms with van der Waals surface area (Å²) in [5.41, 5.74) is 2.83. The van der Waals surface area contributed by atoms with Crippen LogP contribution in [0.4, 0.5) is 15.8 Å². The highest BCUT2D eigenvalue weighted by Crippen LogP contribution is 2.31. The summed E-state index contributed by atoms with van der Waals surface area (Å²) in [5.74, 6) is -0.374. The number of benzene rings is 2. The summed E-state index contributed by atoms with van der Waals surface area (Å²) in [6, 6.07) is 11.4. The summed E-state index contributed by atoms with van der Waals surface area (Å²) < 4.78 is 18.5. The highest BCUT2D eigenvalue weighted by atomic mass is 19.1. The maximum absolute atomic E-state index is 13.1. The van der Waals surface area contributed by atoms with Gasteiger partial charge in [-0.2, -0.15) is 0 Å². The first-order valence-electron chi connectivity index (χ1n) is 9.90. The molecule has 0 bridgehead atoms. The van der Waals surface area contributed by atoms with Crippen LogP contribution in [0.3, 0.4) is 0 Å². The normalized spacial score (nSPS) is 16.4. The zero-order chi connectivity index (χ0) is 20.2. The van der Waals surface area contributed by atoms with Crippen molar-refractivity contribution in [3.05, 3.63) is 59.4 Å². The van der Waals surface area contributed by atoms with Crippen LogP contribution < -0.4 is 15.5 Å². The fourth-order valence-corrected chi connectivity index (χ4v) is 3.34. The third-order valence-electron chi connectivity index (χ3n) is 5.18. The third-order valence-corrected chi connectivity index (χ3v) is 5.18. The number of amides is 2. The van der Waals surface area contributed by atoms with E-state index in [0.29, 0.717) is 44.1 Å². The quantitative estimate of drug-likeness (QED) is 0.786. The van der Waals surface area contributed by atoms with Crippen molar-refractivity contribution >= 4 is 23.2 Å². The van der Waals surface area contributed by atoms with Gasteiger partial charge in [-0.05, 0) is 48.7 Å². The smallest absolute Gasteiger partial charge is 0.253 e. The molecule has 0 radical (unpaired) electrons. The van der Waals surface area contributed by atoms with E-state index in [1.54, 1.807) is 24.3 Å². The number of anilines is 2. The van der Waals surface area contributed by atoms with Crippen LogP contribution in [0.2, 0.25) is 0 Å². The lowest BCUT2D eigenvalue weighted by Gasteiger charge is -2.30. The molecular formula is C22H24FN3O3. The second-order valence-electron chi connectivity index (χ2n) is 7.40. The number of carbonyl (C=O) groups is 2. The Morgan fingerprint density at radius 2 is 1.79 bits per heavy atom. The van der Waals surface area contributed by atoms with E-state index in [4.69, 9.17) is 4.74 Å². The van der Waals surface area contributed by atoms with Gasteiger partial charge in [-0.1, -0.05) is 12.1 Å². The van der Waals surface area contributed by atoms with Gasteiger partial charge in [-0.25, -0.2) is 4.39 Å². The second kappa shape index (κ2) is 8.61. The van der Waals surface area contributed by atoms with Gasteiger partial charge in [0.15, 0.2) is 0 Å². The molecule has 1 saturated heterocycles. The van der Waals surface area contributed by atoms with Crippen molar-refractivity contribution in [2.45, 2.75) is 19.4 Å². The molecular weight excluding hydrogens is 373 g/mol. The Labute approximate surface area is 169 Å². The second-order valence-corrected chi connectivity index (χ2v) is 7.40. The summed E-state index contributed by atoms with van der Waals surface area (Å²) in [7, 11) is 0. The summed E-state index contributed by atoms with van der Waals surface area (Å²) in [4.78, 5) is 27.1. The topological polar surface area (TPSA) is 70.7 Å². The van der Waals surface area contributed by atoms with Gasteiger partial charge in [-0.15, -0.1) is 0 Å². The molecule has 2 amide bonds. The van der Waals surface area contributed by atoms with Crippen molar-refractivity contribution in [2.75, 3.05) is 36.5 Å². The van der Waals surface area contributed by atoms with E-state index in [9.17, 15) is 14.0 Å². The summed E-state index contributed by atoms with van der Waals surface area (Å²) in [6.07, 6.45) is 1.87. The molecule has 152 valence electrons. The number of hydrogen-bond donors (Lipinski definition) is 2. The Hall–Kier alpha value is -2.93. The first-order chi connectivity index (χ1) is 14.1. The molecule has 2 aromatic carbocycles. The lowest BCUT2D eigenvalue weighted by atomic mass is 10.1. The zero-order valence-corrected chi connectivity index (χ0v) is 16.1. The average Bonchev–Trinajstić information content (AvgIpc) is 3.59. The molecule has 0 unspecified atom stereocenters. The van der Waals surface area contributed by atoms with Crippen LogP contribution in [-0.4, -0.2) is 38.1 Å². The number of nitrogens with zero attached hydrogens (tertiary/aromatic N) is 1. The number of hydrogen-bond acceptors (Lipinski definition) is 4. The first kappa shape index (κ1) is 19.4. The van der Waals surface area contributed by atoms with Crippen LogP contribution in [0.25, 0.3) is 0 Å². The zero-order valence-electron chi connectivity index (χ0n) is 16.1. The van der Waals surface area contributed by atoms with E-state index in [1.807, 2.05) is 6.07 Å². The van der Waals surface area contributed by atoms with Crippen molar-refractivity contribution in [2.24, 2.45) is 5.92 Å². The van der Waals surface area contributed by atoms with E-state index in [-0.39, 0.29) is 23.5 Å². The number of rotatable bonds is 6. The maximum atomic E-state index is 13.1. The minimum absolute atomic E-state index is 0.0337. The van der Waals surface area contributed by atoms with Gasteiger partial charge in [0, 0.05) is 31.2 Å². The van der Waals surface area contributed by atoms with Crippen LogP contribution in [0.1, 0.15) is 28.8 Å². The molecule has 1 saturated carbocycles. The predicted octanol–water partition coefficient (Wildman–Crippen LogP) is 2.94. The lowest BCUT2D eigenvalue weighted by Crippen LogP contribution is -2.38. The molecule has 2 aromatic rings. The van der Waals surface area contributed by atoms with Gasteiger partial charge in [-0.3, -0.25) is 9.59 Å². The Morgan fingerprint density at radius 3 is 2.48 bits per heavy atom. The van der Waals surface area contributed by atoms with Crippen LogP contribution in [-0.2, 0) is 16.1 Å². The minimum Gasteiger partial charge on any atom is -0.378 e. The van der Waals surface area contributed by atoms with Gasteiger partial charge < -0.3 is 20.3 Å². The number of nitrogens with one attached hydrogen (secondary N) is 2. The Morgan fingerprint density at radius 1 is 1.07 bits per heavy atom. The molecule has 4 rings (SSSR count). The number of carbonyl (C=O) groups excluding carboxylic acids is 2. The van der Waals surface area contributed by atoms with Crippen molar-refractivity contribution in [3.8, 4) is 0 Å². The lowest BCUT2D eigenvalue weighted by molar-refractivity contribution is -0.117. The molecule has 1 aliphatic carbocycles. The Balaban J connectivity index is 1.52. The van der Waals surface area contributed by atoms with Crippen molar-refractivity contribution in [1.82, 2.24) is 5.32 Å². The fraction of sp³-hybridized carbons (Fsp3) is 0.364. The van der Waals surface area contributed by atoms with E-state index in [2.05, 4.69) is 15.5 Å². The van der Waals surface area contributed by atoms with Crippen molar-refractivity contribution in [3.63, 3.8) is 0 Å². The average molecular weight is 397 g/mol. The van der Waals surface area contributed by atoms with Crippen LogP contribution >= 0.6 is 0 Å². The van der Waals surface area contributed by atoms with E-state index in [0.717, 1.165) is 24.1 Å². The van der Waals surface area contributed by atoms with E-state index >= 15 is 0 Å². The van der Waals surface area contributed by atoms with E-state index in [1.165, 1.54) is 12.1 Å². The molecule has 0 atom stereocenters. The molecule has 6 nitrogen and oxygen atoms in total. The van der Waals surface area contributed by atoms with Crippen molar-refractivity contribution < 1.29 is 18.7 Å². The molecule has 1 heterocycles. The monoisotopic (exact) mass is 397 g/mol. The Bertz CT molecular complexity index is 891. The standard InChI is InChI=1S/C22H24FN3O3/c23-17-5-1-15(2-6-17)14-24-22(28)19-8-7-18(25-21(27)16-3-4-16)13-20(19)26-9-11-29-12-10-26/h1-2,5-8,13,16H,3-4,9-12,14H2,(H,24,28)(H,25,27). The molecule has 0 aromatic heterocycles. The summed E-state index contributed by atoms with van der Waals surface area (Å²) in [6.45, 7) is 2.85. The first-order valence-corrected chi connectivity index (χ1v) is 9.90. The predicted molar refractivity (Wildman–Crippen MR) is 108 cm³/mol. The van der Waals surface area contributed by atoms with Crippen LogP contribution in [0, 0.1) is 11.7 Å². The van der Waals surface area contributed by atoms with E-state index < -0.39 is 0 Å². The van der Waals surface area contributed by atoms with Crippen LogP contribution in [0.15, 0.2) is 42.5 Å². The summed E-state index contributed by atoms with van der Waals surface area (Å²) in [5, 5.41) is 5.84. The van der Waals surface area contributed by atoms with Gasteiger partial charge in [0.05, 0.1) is 24.5 Å². The number of ether oxygens (including phenoxy) is 1. The third kappa shape index (κ3) is 4.92. The molecule has 2 aliphatic rings. The highest BCUT2D eigenvalue weighted by Gasteiger charge is 2.30. The van der Waals surface area contributed by atoms with Crippen molar-refractivity contribution in [1.29, 1.82) is 0 Å². The SMILES string of the molecule is O=C(NCc1ccc(F)cc1)c1ccc(NC(=O)C2CC2)cc1N1CCOCC1. The minimum atomic E-state index is -0.307. The fourth-order valence-electron chi connectivity index (χ4n) is 3.34.